The van der Waals surface area contributed by atoms with Crippen molar-refractivity contribution in [2.75, 3.05) is 6.61 Å². The summed E-state index contributed by atoms with van der Waals surface area (Å²) in [7, 11) is 0. The number of rotatable bonds is 16. The van der Waals surface area contributed by atoms with Crippen LogP contribution in [0, 0.1) is 5.92 Å². The van der Waals surface area contributed by atoms with Gasteiger partial charge in [0.25, 0.3) is 0 Å². The molecule has 7 amide bonds. The number of carbonyl (C=O) groups is 8. The second-order valence-corrected chi connectivity index (χ2v) is 30.2. The molecule has 607 valence electrons. The zero-order chi connectivity index (χ0) is 82.2. The van der Waals surface area contributed by atoms with Crippen molar-refractivity contribution in [3.05, 3.63) is 176 Å². The van der Waals surface area contributed by atoms with Crippen molar-refractivity contribution in [1.29, 1.82) is 0 Å². The average molecular weight is 1650 g/mol. The van der Waals surface area contributed by atoms with Crippen molar-refractivity contribution < 1.29 is 118 Å². The SMILES string of the molecule is CC(C)C[C@H](N)C(=O)N[C@H]1C(=O)N[C@@H](CC(N)=O)C(=O)N[C@H]2C(=O)N[C@H]3C(=O)NC(C(=O)N[C@H](C(=O)O)c4cc(O)cc(O)c4-c4cc3ccc4O)[C@H](O)c3ccc(c(Cl)c3)Oc3cc2cc(c3OC2O[C@H](CO)[C@@H](O)[C@H](O)C2O[C@H]2C[C@](C)(NCc3ccc(-c4ccc(Cl)cc4)cc3)[C@H](O)[C@H](C)O2)Oc2ccc(cc2Cl)[C@H]1O.[B]. The summed E-state index contributed by atoms with van der Waals surface area (Å²) in [6, 6.07) is 13.8. The zero-order valence-electron chi connectivity index (χ0n) is 61.6. The zero-order valence-corrected chi connectivity index (χ0v) is 63.9. The minimum Gasteiger partial charge on any atom is -0.508 e. The molecule has 0 spiro atoms. The summed E-state index contributed by atoms with van der Waals surface area (Å²) in [6.07, 6.45) is -18.9. The van der Waals surface area contributed by atoms with E-state index in [2.05, 4.69) is 37.2 Å². The van der Waals surface area contributed by atoms with Gasteiger partial charge in [-0.1, -0.05) is 103 Å². The predicted molar refractivity (Wildman–Crippen MR) is 410 cm³/mol. The van der Waals surface area contributed by atoms with Crippen LogP contribution in [0.3, 0.4) is 0 Å². The number of ether oxygens (including phenoxy) is 6. The highest BCUT2D eigenvalue weighted by Crippen LogP contribution is 2.50. The molecule has 3 radical (unpaired) electrons. The smallest absolute Gasteiger partial charge is 0.330 e. The molecule has 11 bridgehead atoms. The van der Waals surface area contributed by atoms with E-state index in [-0.39, 0.29) is 61.2 Å². The Balaban J connectivity index is 0.0000130. The number of carbonyl (C=O) groups excluding carboxylic acids is 7. The first-order valence-electron chi connectivity index (χ1n) is 35.9. The summed E-state index contributed by atoms with van der Waals surface area (Å²) < 4.78 is 39.4. The average Bonchev–Trinajstić information content (AvgIpc) is 0.770. The molecule has 7 aromatic rings. The van der Waals surface area contributed by atoms with Gasteiger partial charge in [0.05, 0.1) is 41.3 Å². The van der Waals surface area contributed by atoms with Crippen molar-refractivity contribution in [1.82, 2.24) is 37.2 Å². The molecule has 21 N–H and O–H groups in total. The number of nitrogens with one attached hydrogen (secondary N) is 7. The molecule has 7 aliphatic heterocycles. The summed E-state index contributed by atoms with van der Waals surface area (Å²) in [5.74, 6) is -16.4. The van der Waals surface area contributed by atoms with Crippen LogP contribution in [0.1, 0.15) is 111 Å². The number of halogens is 3. The highest BCUT2D eigenvalue weighted by molar-refractivity contribution is 6.32. The Labute approximate surface area is 673 Å². The van der Waals surface area contributed by atoms with Crippen molar-refractivity contribution in [2.45, 2.75) is 163 Å². The van der Waals surface area contributed by atoms with E-state index in [1.165, 1.54) is 12.1 Å². The Morgan fingerprint density at radius 3 is 1.85 bits per heavy atom. The van der Waals surface area contributed by atoms with E-state index in [1.807, 2.05) is 36.4 Å². The van der Waals surface area contributed by atoms with Gasteiger partial charge in [0.15, 0.2) is 29.9 Å². The number of fused-ring (bicyclic) bond motifs is 15. The Kier molecular flexibility index (Phi) is 26.3. The normalized spacial score (nSPS) is 27.1. The molecule has 7 aliphatic rings. The van der Waals surface area contributed by atoms with Crippen LogP contribution in [0.5, 0.6) is 46.0 Å². The highest BCUT2D eigenvalue weighted by atomic mass is 35.5. The molecule has 14 rings (SSSR count). The van der Waals surface area contributed by atoms with E-state index in [9.17, 15) is 75.0 Å². The van der Waals surface area contributed by atoms with Crippen molar-refractivity contribution >= 4 is 90.5 Å². The van der Waals surface area contributed by atoms with Gasteiger partial charge in [0.1, 0.15) is 89.5 Å². The fraction of sp³-hybridized carbons (Fsp3) is 0.359. The van der Waals surface area contributed by atoms with Crippen molar-refractivity contribution in [3.8, 4) is 68.2 Å². The Hall–Kier alpha value is -10.4. The van der Waals surface area contributed by atoms with Crippen molar-refractivity contribution in [3.63, 3.8) is 0 Å². The number of carboxylic acids is 1. The largest absolute Gasteiger partial charge is 0.508 e. The number of phenols is 3. The highest BCUT2D eigenvalue weighted by Gasteiger charge is 2.52. The first-order valence-corrected chi connectivity index (χ1v) is 37.0. The lowest BCUT2D eigenvalue weighted by Gasteiger charge is -2.48. The number of hydrogen-bond acceptors (Lipinski definition) is 25. The molecule has 7 heterocycles. The van der Waals surface area contributed by atoms with E-state index < -0.39 is 237 Å². The summed E-state index contributed by atoms with van der Waals surface area (Å²) in [5.41, 5.74) is 10.5. The third-order valence-corrected chi connectivity index (χ3v) is 21.1. The minimum atomic E-state index is -2.37. The quantitative estimate of drug-likeness (QED) is 0.0614. The van der Waals surface area contributed by atoms with Gasteiger partial charge in [-0.25, -0.2) is 4.79 Å². The third-order valence-electron chi connectivity index (χ3n) is 20.3. The van der Waals surface area contributed by atoms with Crippen LogP contribution in [0.15, 0.2) is 127 Å². The number of primary amides is 1. The number of aromatic hydroxyl groups is 3. The lowest BCUT2D eigenvalue weighted by molar-refractivity contribution is -0.334. The number of carboxylic acid groups (broad SMARTS) is 1. The van der Waals surface area contributed by atoms with Crippen LogP contribution < -0.4 is 62.9 Å². The monoisotopic (exact) mass is 1640 g/mol. The van der Waals surface area contributed by atoms with Crippen LogP contribution in [-0.2, 0) is 59.1 Å². The second kappa shape index (κ2) is 35.4. The van der Waals surface area contributed by atoms with E-state index in [1.54, 1.807) is 39.8 Å². The van der Waals surface area contributed by atoms with Crippen LogP contribution in [0.4, 0.5) is 0 Å². The van der Waals surface area contributed by atoms with Gasteiger partial charge in [-0.05, 0) is 132 Å². The molecule has 3 unspecified atom stereocenters. The molecule has 2 saturated heterocycles. The van der Waals surface area contributed by atoms with Gasteiger partial charge >= 0.3 is 5.97 Å². The van der Waals surface area contributed by atoms with Gasteiger partial charge in [0.2, 0.25) is 53.4 Å². The van der Waals surface area contributed by atoms with Gasteiger partial charge in [-0.2, -0.15) is 0 Å². The van der Waals surface area contributed by atoms with E-state index in [4.69, 9.17) is 74.7 Å². The summed E-state index contributed by atoms with van der Waals surface area (Å²) in [6.45, 7) is 6.02. The first kappa shape index (κ1) is 85.5. The lowest BCUT2D eigenvalue weighted by atomic mass is 9.84. The van der Waals surface area contributed by atoms with Gasteiger partial charge in [0, 0.05) is 54.7 Å². The lowest BCUT2D eigenvalue weighted by Crippen LogP contribution is -2.65. The molecule has 37 heteroatoms. The number of hydrogen-bond donors (Lipinski definition) is 19. The number of nitrogens with two attached hydrogens (primary N) is 2. The maximum atomic E-state index is 16.2. The Morgan fingerprint density at radius 2 is 1.25 bits per heavy atom. The van der Waals surface area contributed by atoms with Crippen LogP contribution in [0.2, 0.25) is 15.1 Å². The maximum Gasteiger partial charge on any atom is 0.330 e. The van der Waals surface area contributed by atoms with Gasteiger partial charge < -0.3 is 128 Å². The molecular formula is C78H82BCl3N9O24. The van der Waals surface area contributed by atoms with Gasteiger partial charge in [-0.15, -0.1) is 0 Å². The topological polar surface area (TPSA) is 530 Å². The van der Waals surface area contributed by atoms with Crippen molar-refractivity contribution in [2.24, 2.45) is 17.4 Å². The third kappa shape index (κ3) is 18.6. The van der Waals surface area contributed by atoms with Crippen LogP contribution in [0.25, 0.3) is 22.3 Å². The number of aliphatic hydroxyl groups is 6. The standard InChI is InChI=1S/C78H82Cl3N9O24.B/c1-31(2)19-46(82)70(101)89-61-63(96)37-12-17-50(44(80)21-37)110-52-23-39-24-53(67(52)114-77-68(66(99)65(98)54(30-91)112-77)113-56-28-78(4,69(100)32(3)109-56)84-29-33-5-7-34(8-6-33)35-9-14-40(79)15-10-35)111-51-18-13-38(22-45(51)81)64(97)62-75(106)88-60(76(107)108)43-25-41(92)26-49(94)57(43)42-20-36(11-16-48(42)93)58(72(103)90-62)87-73(104)59(39)86-71(102)47(27-55(83)95)85-74(61)105;/h5-18,20-26,31-32,46-47,54,56,58-66,68-69,77,84,91-94,96-100H,19,27-30,82H2,1-4H3,(H2,83,95)(H,85,105)(H,86,102)(H,87,104)(H,88,106)(H,89,101)(H,90,103)(H,107,108);/t32-,46-,47-,54+,56-,58+,59+,60-,61+,62?,63+,64+,65+,66-,68?,69+,77?,78-;/m0./s1. The Morgan fingerprint density at radius 1 is 0.661 bits per heavy atom. The number of phenolic OH excluding ortho intramolecular Hbond substituents is 3. The summed E-state index contributed by atoms with van der Waals surface area (Å²) in [5, 5.41) is 134. The van der Waals surface area contributed by atoms with E-state index in [0.717, 1.165) is 83.4 Å². The fourth-order valence-corrected chi connectivity index (χ4v) is 14.8. The van der Waals surface area contributed by atoms with Gasteiger partial charge in [-0.3, -0.25) is 33.6 Å². The maximum absolute atomic E-state index is 16.2. The minimum absolute atomic E-state index is 0. The van der Waals surface area contributed by atoms with E-state index in [0.29, 0.717) is 5.02 Å². The molecule has 0 aromatic heterocycles. The summed E-state index contributed by atoms with van der Waals surface area (Å²) >= 11 is 20.4. The molecule has 18 atom stereocenters. The number of aliphatic carboxylic acids is 1. The molecule has 0 aliphatic carbocycles. The molecule has 115 heavy (non-hydrogen) atoms. The predicted octanol–water partition coefficient (Wildman–Crippen LogP) is 3.62. The molecule has 0 saturated carbocycles. The van der Waals surface area contributed by atoms with Crippen LogP contribution >= 0.6 is 34.8 Å². The molecule has 7 aromatic carbocycles. The second-order valence-electron chi connectivity index (χ2n) is 28.9. The Bertz CT molecular complexity index is 4880. The number of amides is 7. The van der Waals surface area contributed by atoms with E-state index >= 15 is 14.4 Å². The molecule has 33 nitrogen and oxygen atoms in total. The fourth-order valence-electron chi connectivity index (χ4n) is 14.2. The molecular weight excluding hydrogens is 1560 g/mol. The molecule has 2 fully saturated rings. The van der Waals surface area contributed by atoms with Crippen LogP contribution in [-0.4, -0.2) is 192 Å². The number of benzene rings is 7. The number of aliphatic hydroxyl groups excluding tert-OH is 6. The summed E-state index contributed by atoms with van der Waals surface area (Å²) in [4.78, 5) is 117. The first-order chi connectivity index (χ1) is 54.1.